The minimum Gasteiger partial charge on any atom is -0.397 e. The van der Waals surface area contributed by atoms with Crippen LogP contribution in [-0.2, 0) is 24.4 Å². The fourth-order valence-corrected chi connectivity index (χ4v) is 3.65. The third kappa shape index (κ3) is 3.33. The van der Waals surface area contributed by atoms with Crippen molar-refractivity contribution in [1.82, 2.24) is 0 Å². The number of benzene rings is 1. The third-order valence-electron chi connectivity index (χ3n) is 1.99. The third-order valence-corrected chi connectivity index (χ3v) is 5.10. The lowest BCUT2D eigenvalue weighted by atomic mass is 10.3. The Labute approximate surface area is 109 Å². The molecule has 0 aliphatic carbocycles. The van der Waals surface area contributed by atoms with E-state index >= 15 is 0 Å². The Morgan fingerprint density at radius 3 is 2.39 bits per heavy atom. The van der Waals surface area contributed by atoms with E-state index in [-0.39, 0.29) is 15.6 Å². The predicted molar refractivity (Wildman–Crippen MR) is 65.1 cm³/mol. The average Bonchev–Trinajstić information content (AvgIpc) is 2.19. The summed E-state index contributed by atoms with van der Waals surface area (Å²) in [5, 5.41) is -0.233. The van der Waals surface area contributed by atoms with Gasteiger partial charge in [-0.1, -0.05) is 17.7 Å². The number of nitrogens with two attached hydrogens (primary N) is 1. The fraction of sp³-hybridized carbons (Fsp3) is 0.250. The van der Waals surface area contributed by atoms with Gasteiger partial charge in [-0.2, -0.15) is 8.42 Å². The van der Waals surface area contributed by atoms with Crippen molar-refractivity contribution in [3.63, 3.8) is 0 Å². The molecule has 0 aliphatic heterocycles. The van der Waals surface area contributed by atoms with Crippen molar-refractivity contribution in [2.75, 3.05) is 5.73 Å². The van der Waals surface area contributed by atoms with Gasteiger partial charge in [0.1, 0.15) is 0 Å². The second-order valence-corrected chi connectivity index (χ2v) is 6.92. The van der Waals surface area contributed by atoms with Crippen LogP contribution in [0.25, 0.3) is 0 Å². The van der Waals surface area contributed by atoms with E-state index in [1.54, 1.807) is 0 Å². The molecular formula is C8H10ClNO6S2. The zero-order chi connectivity index (χ0) is 14.1. The summed E-state index contributed by atoms with van der Waals surface area (Å²) in [6.07, 6.45) is 0. The second-order valence-electron chi connectivity index (χ2n) is 3.30. The molecule has 3 N–H and O–H groups in total. The zero-order valence-corrected chi connectivity index (χ0v) is 11.5. The molecule has 1 aromatic carbocycles. The van der Waals surface area contributed by atoms with Crippen LogP contribution >= 0.6 is 11.6 Å². The molecule has 1 atom stereocenters. The standard InChI is InChI=1S/C8H10ClNO6S2/c1-5(16-18(13,14)15)17(11,12)7-4-2-3-6(10)8(7)9/h2-5H,10H2,1H3,(H,13,14,15). The van der Waals surface area contributed by atoms with Gasteiger partial charge in [0.2, 0.25) is 9.84 Å². The van der Waals surface area contributed by atoms with Crippen LogP contribution in [0.2, 0.25) is 5.02 Å². The molecule has 0 spiro atoms. The molecule has 0 radical (unpaired) electrons. The summed E-state index contributed by atoms with van der Waals surface area (Å²) in [5.74, 6) is 0. The number of anilines is 1. The number of hydrogen-bond donors (Lipinski definition) is 2. The SMILES string of the molecule is CC(OS(=O)(=O)O)S(=O)(=O)c1cccc(N)c1Cl. The summed E-state index contributed by atoms with van der Waals surface area (Å²) in [6, 6.07) is 3.88. The lowest BCUT2D eigenvalue weighted by Crippen LogP contribution is -2.24. The van der Waals surface area contributed by atoms with Crippen molar-refractivity contribution < 1.29 is 25.6 Å². The first-order chi connectivity index (χ1) is 8.05. The van der Waals surface area contributed by atoms with Crippen molar-refractivity contribution in [3.8, 4) is 0 Å². The quantitative estimate of drug-likeness (QED) is 0.623. The van der Waals surface area contributed by atoms with E-state index in [1.807, 2.05) is 0 Å². The van der Waals surface area contributed by atoms with Crippen LogP contribution < -0.4 is 5.73 Å². The van der Waals surface area contributed by atoms with Crippen molar-refractivity contribution >= 4 is 37.5 Å². The minimum atomic E-state index is -4.89. The van der Waals surface area contributed by atoms with Crippen LogP contribution in [-0.4, -0.2) is 26.8 Å². The molecule has 0 aliphatic rings. The summed E-state index contributed by atoms with van der Waals surface area (Å²) in [6.45, 7) is 0.947. The van der Waals surface area contributed by atoms with Crippen LogP contribution in [0.3, 0.4) is 0 Å². The average molecular weight is 316 g/mol. The van der Waals surface area contributed by atoms with Gasteiger partial charge in [-0.25, -0.2) is 12.6 Å². The van der Waals surface area contributed by atoms with Gasteiger partial charge >= 0.3 is 10.4 Å². The lowest BCUT2D eigenvalue weighted by Gasteiger charge is -2.13. The summed E-state index contributed by atoms with van der Waals surface area (Å²) in [5.41, 5.74) is 3.64. The van der Waals surface area contributed by atoms with Crippen molar-refractivity contribution in [1.29, 1.82) is 0 Å². The number of halogens is 1. The smallest absolute Gasteiger partial charge is 0.397 e. The fourth-order valence-electron chi connectivity index (χ4n) is 1.15. The van der Waals surface area contributed by atoms with Crippen molar-refractivity contribution in [2.45, 2.75) is 17.3 Å². The summed E-state index contributed by atoms with van der Waals surface area (Å²) in [7, 11) is -9.09. The second kappa shape index (κ2) is 5.02. The Morgan fingerprint density at radius 1 is 1.33 bits per heavy atom. The maximum Gasteiger partial charge on any atom is 0.398 e. The maximum absolute atomic E-state index is 11.9. The number of rotatable bonds is 4. The molecule has 0 heterocycles. The molecule has 1 unspecified atom stereocenters. The van der Waals surface area contributed by atoms with E-state index in [1.165, 1.54) is 12.1 Å². The van der Waals surface area contributed by atoms with Gasteiger partial charge < -0.3 is 5.73 Å². The number of hydrogen-bond acceptors (Lipinski definition) is 6. The molecule has 0 bridgehead atoms. The Morgan fingerprint density at radius 2 is 1.89 bits per heavy atom. The van der Waals surface area contributed by atoms with E-state index in [0.717, 1.165) is 13.0 Å². The molecule has 7 nitrogen and oxygen atoms in total. The van der Waals surface area contributed by atoms with E-state index in [2.05, 4.69) is 4.18 Å². The zero-order valence-electron chi connectivity index (χ0n) is 9.07. The van der Waals surface area contributed by atoms with Crippen LogP contribution in [0, 0.1) is 0 Å². The van der Waals surface area contributed by atoms with Crippen LogP contribution in [0.4, 0.5) is 5.69 Å². The van der Waals surface area contributed by atoms with Gasteiger partial charge in [0.05, 0.1) is 15.6 Å². The maximum atomic E-state index is 11.9. The van der Waals surface area contributed by atoms with E-state index < -0.39 is 25.7 Å². The molecule has 1 aromatic rings. The molecule has 0 fully saturated rings. The number of sulfone groups is 1. The van der Waals surface area contributed by atoms with E-state index in [9.17, 15) is 16.8 Å². The highest BCUT2D eigenvalue weighted by molar-refractivity contribution is 7.92. The monoisotopic (exact) mass is 315 g/mol. The summed E-state index contributed by atoms with van der Waals surface area (Å²) < 4.78 is 57.3. The van der Waals surface area contributed by atoms with Gasteiger partial charge in [0.15, 0.2) is 5.44 Å². The first-order valence-electron chi connectivity index (χ1n) is 4.49. The number of nitrogen functional groups attached to an aromatic ring is 1. The Bertz CT molecular complexity index is 654. The normalized spacial score (nSPS) is 14.4. The van der Waals surface area contributed by atoms with Gasteiger partial charge in [-0.3, -0.25) is 4.55 Å². The lowest BCUT2D eigenvalue weighted by molar-refractivity contribution is 0.251. The Kier molecular flexibility index (Phi) is 4.23. The molecular weight excluding hydrogens is 306 g/mol. The predicted octanol–water partition coefficient (Wildman–Crippen LogP) is 0.861. The summed E-state index contributed by atoms with van der Waals surface area (Å²) in [4.78, 5) is -0.375. The van der Waals surface area contributed by atoms with Crippen molar-refractivity contribution in [3.05, 3.63) is 23.2 Å². The van der Waals surface area contributed by atoms with Crippen LogP contribution in [0.1, 0.15) is 6.92 Å². The topological polar surface area (TPSA) is 124 Å². The van der Waals surface area contributed by atoms with Crippen LogP contribution in [0.15, 0.2) is 23.1 Å². The largest absolute Gasteiger partial charge is 0.398 e. The van der Waals surface area contributed by atoms with E-state index in [4.69, 9.17) is 21.9 Å². The van der Waals surface area contributed by atoms with Crippen molar-refractivity contribution in [2.24, 2.45) is 0 Å². The van der Waals surface area contributed by atoms with Gasteiger partial charge in [-0.15, -0.1) is 0 Å². The minimum absolute atomic E-state index is 0.0248. The van der Waals surface area contributed by atoms with Gasteiger partial charge in [-0.05, 0) is 19.1 Å². The Balaban J connectivity index is 3.26. The Hall–Kier alpha value is -0.870. The molecule has 1 rings (SSSR count). The first kappa shape index (κ1) is 15.2. The summed E-state index contributed by atoms with van der Waals surface area (Å²) >= 11 is 5.72. The molecule has 0 saturated carbocycles. The highest BCUT2D eigenvalue weighted by Gasteiger charge is 2.30. The molecule has 18 heavy (non-hydrogen) atoms. The highest BCUT2D eigenvalue weighted by atomic mass is 35.5. The molecule has 0 saturated heterocycles. The molecule has 0 aromatic heterocycles. The molecule has 0 amide bonds. The molecule has 10 heteroatoms. The molecule has 102 valence electrons. The van der Waals surface area contributed by atoms with Gasteiger partial charge in [0.25, 0.3) is 0 Å². The van der Waals surface area contributed by atoms with Crippen LogP contribution in [0.5, 0.6) is 0 Å². The van der Waals surface area contributed by atoms with E-state index in [0.29, 0.717) is 0 Å². The van der Waals surface area contributed by atoms with Gasteiger partial charge in [0, 0.05) is 0 Å². The highest BCUT2D eigenvalue weighted by Crippen LogP contribution is 2.30. The first-order valence-corrected chi connectivity index (χ1v) is 7.78.